The van der Waals surface area contributed by atoms with Crippen LogP contribution in [-0.2, 0) is 19.1 Å². The minimum atomic E-state index is -0.532. The predicted molar refractivity (Wildman–Crippen MR) is 67.9 cm³/mol. The van der Waals surface area contributed by atoms with Gasteiger partial charge in [0.1, 0.15) is 15.3 Å². The number of hydrogen-bond donors (Lipinski definition) is 0. The number of alkyl halides is 2. The standard InChI is InChI=1S/C10H16Br2O4/c1-10(2,3)16-9(14)7(12)5-6(11)8(13)15-4/h6-7H,5H2,1-4H3. The smallest absolute Gasteiger partial charge is 0.320 e. The molecule has 4 nitrogen and oxygen atoms in total. The van der Waals surface area contributed by atoms with Crippen molar-refractivity contribution in [2.75, 3.05) is 7.11 Å². The molecule has 0 aromatic heterocycles. The Kier molecular flexibility index (Phi) is 6.55. The van der Waals surface area contributed by atoms with Crippen LogP contribution in [0.2, 0.25) is 0 Å². The number of carbonyl (C=O) groups excluding carboxylic acids is 2. The first-order chi connectivity index (χ1) is 7.17. The lowest BCUT2D eigenvalue weighted by atomic mass is 10.2. The monoisotopic (exact) mass is 358 g/mol. The van der Waals surface area contributed by atoms with Crippen LogP contribution < -0.4 is 0 Å². The molecule has 0 aliphatic rings. The zero-order valence-corrected chi connectivity index (χ0v) is 12.9. The van der Waals surface area contributed by atoms with Gasteiger partial charge in [-0.1, -0.05) is 31.9 Å². The Morgan fingerprint density at radius 1 is 1.12 bits per heavy atom. The summed E-state index contributed by atoms with van der Waals surface area (Å²) < 4.78 is 9.69. The highest BCUT2D eigenvalue weighted by molar-refractivity contribution is 9.10. The lowest BCUT2D eigenvalue weighted by molar-refractivity contribution is -0.154. The fourth-order valence-corrected chi connectivity index (χ4v) is 2.40. The number of esters is 2. The van der Waals surface area contributed by atoms with Crippen molar-refractivity contribution in [3.05, 3.63) is 0 Å². The summed E-state index contributed by atoms with van der Waals surface area (Å²) in [5, 5.41) is 0. The summed E-state index contributed by atoms with van der Waals surface area (Å²) in [4.78, 5) is 21.6. The summed E-state index contributed by atoms with van der Waals surface area (Å²) in [6, 6.07) is 0. The molecular weight excluding hydrogens is 344 g/mol. The summed E-state index contributed by atoms with van der Waals surface area (Å²) in [7, 11) is 1.30. The van der Waals surface area contributed by atoms with Gasteiger partial charge in [-0.15, -0.1) is 0 Å². The number of halogens is 2. The minimum Gasteiger partial charge on any atom is -0.468 e. The molecule has 0 aromatic rings. The molecule has 0 radical (unpaired) electrons. The fourth-order valence-electron chi connectivity index (χ4n) is 0.868. The number of carbonyl (C=O) groups is 2. The van der Waals surface area contributed by atoms with Crippen LogP contribution in [0.15, 0.2) is 0 Å². The molecule has 0 aliphatic carbocycles. The van der Waals surface area contributed by atoms with Crippen molar-refractivity contribution in [2.24, 2.45) is 0 Å². The largest absolute Gasteiger partial charge is 0.468 e. The maximum Gasteiger partial charge on any atom is 0.320 e. The zero-order valence-electron chi connectivity index (χ0n) is 9.75. The minimum absolute atomic E-state index is 0.279. The van der Waals surface area contributed by atoms with Gasteiger partial charge in [-0.3, -0.25) is 9.59 Å². The highest BCUT2D eigenvalue weighted by Gasteiger charge is 2.27. The van der Waals surface area contributed by atoms with Crippen molar-refractivity contribution >= 4 is 43.8 Å². The zero-order chi connectivity index (χ0) is 12.9. The van der Waals surface area contributed by atoms with Gasteiger partial charge >= 0.3 is 11.9 Å². The molecule has 0 aromatic carbocycles. The summed E-state index contributed by atoms with van der Waals surface area (Å²) in [6.07, 6.45) is 0.279. The molecule has 16 heavy (non-hydrogen) atoms. The maximum absolute atomic E-state index is 11.6. The van der Waals surface area contributed by atoms with Crippen LogP contribution in [0.4, 0.5) is 0 Å². The Bertz CT molecular complexity index is 260. The molecule has 0 bridgehead atoms. The third-order valence-corrected chi connectivity index (χ3v) is 3.03. The molecule has 0 N–H and O–H groups in total. The highest BCUT2D eigenvalue weighted by Crippen LogP contribution is 2.19. The average molecular weight is 360 g/mol. The third-order valence-electron chi connectivity index (χ3n) is 1.53. The van der Waals surface area contributed by atoms with E-state index in [1.165, 1.54) is 7.11 Å². The van der Waals surface area contributed by atoms with Crippen LogP contribution in [0.5, 0.6) is 0 Å². The van der Waals surface area contributed by atoms with E-state index in [-0.39, 0.29) is 12.4 Å². The van der Waals surface area contributed by atoms with E-state index in [0.717, 1.165) is 0 Å². The molecule has 0 amide bonds. The van der Waals surface area contributed by atoms with Crippen molar-refractivity contribution in [1.82, 2.24) is 0 Å². The normalized spacial score (nSPS) is 15.1. The first kappa shape index (κ1) is 15.9. The van der Waals surface area contributed by atoms with Crippen LogP contribution in [0, 0.1) is 0 Å². The van der Waals surface area contributed by atoms with Gasteiger partial charge in [0.25, 0.3) is 0 Å². The lowest BCUT2D eigenvalue weighted by Gasteiger charge is -2.22. The quantitative estimate of drug-likeness (QED) is 0.571. The van der Waals surface area contributed by atoms with E-state index < -0.39 is 21.2 Å². The Labute approximate surface area is 112 Å². The van der Waals surface area contributed by atoms with Crippen LogP contribution >= 0.6 is 31.9 Å². The molecule has 6 heteroatoms. The van der Waals surface area contributed by atoms with Crippen molar-refractivity contribution in [1.29, 1.82) is 0 Å². The van der Waals surface area contributed by atoms with E-state index >= 15 is 0 Å². The Balaban J connectivity index is 4.21. The van der Waals surface area contributed by atoms with Crippen LogP contribution in [-0.4, -0.2) is 34.3 Å². The van der Waals surface area contributed by atoms with Crippen molar-refractivity contribution < 1.29 is 19.1 Å². The van der Waals surface area contributed by atoms with E-state index in [2.05, 4.69) is 36.6 Å². The van der Waals surface area contributed by atoms with Gasteiger partial charge in [0.15, 0.2) is 0 Å². The Morgan fingerprint density at radius 3 is 1.94 bits per heavy atom. The molecule has 0 aliphatic heterocycles. The molecule has 0 fully saturated rings. The van der Waals surface area contributed by atoms with Gasteiger partial charge in [-0.05, 0) is 27.2 Å². The summed E-state index contributed by atoms with van der Waals surface area (Å²) in [6.45, 7) is 5.36. The van der Waals surface area contributed by atoms with E-state index in [1.54, 1.807) is 20.8 Å². The molecule has 0 spiro atoms. The lowest BCUT2D eigenvalue weighted by Crippen LogP contribution is -2.31. The summed E-state index contributed by atoms with van der Waals surface area (Å²) >= 11 is 6.32. The molecule has 0 saturated heterocycles. The summed E-state index contributed by atoms with van der Waals surface area (Å²) in [5.41, 5.74) is -0.532. The third kappa shape index (κ3) is 6.48. The molecule has 0 heterocycles. The second-order valence-electron chi connectivity index (χ2n) is 4.23. The van der Waals surface area contributed by atoms with Crippen molar-refractivity contribution in [3.63, 3.8) is 0 Å². The van der Waals surface area contributed by atoms with E-state index in [0.29, 0.717) is 0 Å². The van der Waals surface area contributed by atoms with Crippen LogP contribution in [0.3, 0.4) is 0 Å². The highest BCUT2D eigenvalue weighted by atomic mass is 79.9. The predicted octanol–water partition coefficient (Wildman–Crippen LogP) is 2.42. The number of ether oxygens (including phenoxy) is 2. The van der Waals surface area contributed by atoms with Crippen LogP contribution in [0.1, 0.15) is 27.2 Å². The SMILES string of the molecule is COC(=O)C(Br)CC(Br)C(=O)OC(C)(C)C. The van der Waals surface area contributed by atoms with Crippen LogP contribution in [0.25, 0.3) is 0 Å². The fraction of sp³-hybridized carbons (Fsp3) is 0.800. The summed E-state index contributed by atoms with van der Waals surface area (Å²) in [5.74, 6) is -0.797. The molecule has 0 saturated carbocycles. The van der Waals surface area contributed by atoms with Gasteiger partial charge in [0.2, 0.25) is 0 Å². The van der Waals surface area contributed by atoms with Crippen molar-refractivity contribution in [3.8, 4) is 0 Å². The topological polar surface area (TPSA) is 52.6 Å². The van der Waals surface area contributed by atoms with E-state index in [9.17, 15) is 9.59 Å². The number of methoxy groups -OCH3 is 1. The van der Waals surface area contributed by atoms with Gasteiger partial charge in [-0.2, -0.15) is 0 Å². The number of rotatable bonds is 4. The van der Waals surface area contributed by atoms with E-state index in [1.807, 2.05) is 0 Å². The number of hydrogen-bond acceptors (Lipinski definition) is 4. The second-order valence-corrected chi connectivity index (χ2v) is 6.44. The molecule has 2 unspecified atom stereocenters. The molecule has 2 atom stereocenters. The van der Waals surface area contributed by atoms with Crippen molar-refractivity contribution in [2.45, 2.75) is 42.4 Å². The van der Waals surface area contributed by atoms with Gasteiger partial charge < -0.3 is 9.47 Å². The van der Waals surface area contributed by atoms with Gasteiger partial charge in [0, 0.05) is 0 Å². The first-order valence-corrected chi connectivity index (χ1v) is 6.59. The van der Waals surface area contributed by atoms with Gasteiger partial charge in [-0.25, -0.2) is 0 Å². The average Bonchev–Trinajstić information content (AvgIpc) is 2.13. The molecular formula is C10H16Br2O4. The van der Waals surface area contributed by atoms with Gasteiger partial charge in [0.05, 0.1) is 7.11 Å². The molecule has 94 valence electrons. The second kappa shape index (κ2) is 6.59. The first-order valence-electron chi connectivity index (χ1n) is 4.76. The maximum atomic E-state index is 11.6. The Morgan fingerprint density at radius 2 is 1.56 bits per heavy atom. The van der Waals surface area contributed by atoms with E-state index in [4.69, 9.17) is 4.74 Å². The Hall–Kier alpha value is -0.100. The molecule has 0 rings (SSSR count).